The maximum atomic E-state index is 11.4. The summed E-state index contributed by atoms with van der Waals surface area (Å²) >= 11 is 0. The number of rotatable bonds is 6. The first-order valence-corrected chi connectivity index (χ1v) is 5.46. The smallest absolute Gasteiger partial charge is 0.320 e. The summed E-state index contributed by atoms with van der Waals surface area (Å²) in [6.45, 7) is 0.666. The molecule has 0 radical (unpaired) electrons. The third-order valence-corrected chi connectivity index (χ3v) is 2.66. The maximum absolute atomic E-state index is 11.4. The molecule has 1 rings (SSSR count). The summed E-state index contributed by atoms with van der Waals surface area (Å²) in [5.41, 5.74) is 0. The van der Waals surface area contributed by atoms with Crippen molar-refractivity contribution in [2.24, 2.45) is 0 Å². The number of nitrogens with zero attached hydrogens (tertiary/aromatic N) is 1. The predicted molar refractivity (Wildman–Crippen MR) is 57.5 cm³/mol. The second kappa shape index (κ2) is 6.19. The lowest BCUT2D eigenvalue weighted by Crippen LogP contribution is -2.43. The van der Waals surface area contributed by atoms with Crippen LogP contribution in [-0.4, -0.2) is 58.6 Å². The molecule has 7 heteroatoms. The van der Waals surface area contributed by atoms with E-state index in [2.05, 4.69) is 5.32 Å². The van der Waals surface area contributed by atoms with Crippen LogP contribution >= 0.6 is 0 Å². The fourth-order valence-corrected chi connectivity index (χ4v) is 1.84. The molecule has 1 aliphatic rings. The molecule has 0 aromatic rings. The zero-order chi connectivity index (χ0) is 12.8. The number of nitrogens with one attached hydrogen (secondary N) is 1. The number of carbonyl (C=O) groups excluding carboxylic acids is 1. The van der Waals surface area contributed by atoms with E-state index in [1.54, 1.807) is 4.90 Å². The molecule has 0 aliphatic carbocycles. The molecule has 1 heterocycles. The van der Waals surface area contributed by atoms with Gasteiger partial charge in [-0.05, 0) is 19.4 Å². The standard InChI is InChI=1S/C10H16N2O5/c13-8(11-4-3-9(14)15)6-12-5-1-2-7(12)10(16)17/h7H,1-6H2,(H,11,13)(H,14,15)(H,16,17)/t7-/m0/s1. The van der Waals surface area contributed by atoms with Crippen molar-refractivity contribution in [1.82, 2.24) is 10.2 Å². The first-order chi connectivity index (χ1) is 8.00. The van der Waals surface area contributed by atoms with Gasteiger partial charge in [0.2, 0.25) is 5.91 Å². The van der Waals surface area contributed by atoms with E-state index in [0.717, 1.165) is 6.42 Å². The Balaban J connectivity index is 2.30. The van der Waals surface area contributed by atoms with Gasteiger partial charge in [0.1, 0.15) is 6.04 Å². The highest BCUT2D eigenvalue weighted by atomic mass is 16.4. The van der Waals surface area contributed by atoms with E-state index in [4.69, 9.17) is 10.2 Å². The van der Waals surface area contributed by atoms with Gasteiger partial charge in [-0.2, -0.15) is 0 Å². The van der Waals surface area contributed by atoms with Crippen LogP contribution in [0.2, 0.25) is 0 Å². The van der Waals surface area contributed by atoms with Gasteiger partial charge >= 0.3 is 11.9 Å². The van der Waals surface area contributed by atoms with E-state index in [-0.39, 0.29) is 25.4 Å². The molecule has 0 spiro atoms. The minimum atomic E-state index is -0.977. The monoisotopic (exact) mass is 244 g/mol. The summed E-state index contributed by atoms with van der Waals surface area (Å²) in [5.74, 6) is -2.23. The highest BCUT2D eigenvalue weighted by Crippen LogP contribution is 2.16. The van der Waals surface area contributed by atoms with E-state index in [1.165, 1.54) is 0 Å². The number of hydrogen-bond donors (Lipinski definition) is 3. The molecule has 3 N–H and O–H groups in total. The summed E-state index contributed by atoms with van der Waals surface area (Å²) in [6, 6.07) is -0.597. The zero-order valence-corrected chi connectivity index (χ0v) is 9.39. The van der Waals surface area contributed by atoms with Crippen molar-refractivity contribution >= 4 is 17.8 Å². The maximum Gasteiger partial charge on any atom is 0.320 e. The summed E-state index contributed by atoms with van der Waals surface area (Å²) in [6.07, 6.45) is 1.19. The van der Waals surface area contributed by atoms with E-state index >= 15 is 0 Å². The molecule has 7 nitrogen and oxygen atoms in total. The molecule has 1 saturated heterocycles. The Labute approximate surface area is 98.4 Å². The van der Waals surface area contributed by atoms with Crippen molar-refractivity contribution in [2.75, 3.05) is 19.6 Å². The molecule has 0 saturated carbocycles. The van der Waals surface area contributed by atoms with Gasteiger partial charge in [-0.15, -0.1) is 0 Å². The van der Waals surface area contributed by atoms with Crippen LogP contribution in [0, 0.1) is 0 Å². The van der Waals surface area contributed by atoms with E-state index < -0.39 is 18.0 Å². The van der Waals surface area contributed by atoms with Crippen molar-refractivity contribution in [3.63, 3.8) is 0 Å². The van der Waals surface area contributed by atoms with Crippen molar-refractivity contribution in [2.45, 2.75) is 25.3 Å². The van der Waals surface area contributed by atoms with Crippen LogP contribution in [0.4, 0.5) is 0 Å². The second-order valence-electron chi connectivity index (χ2n) is 3.96. The fraction of sp³-hybridized carbons (Fsp3) is 0.700. The second-order valence-corrected chi connectivity index (χ2v) is 3.96. The Hall–Kier alpha value is -1.63. The van der Waals surface area contributed by atoms with E-state index in [1.807, 2.05) is 0 Å². The number of carboxylic acids is 2. The number of carboxylic acid groups (broad SMARTS) is 2. The van der Waals surface area contributed by atoms with Crippen LogP contribution in [0.25, 0.3) is 0 Å². The molecule has 1 aliphatic heterocycles. The fourth-order valence-electron chi connectivity index (χ4n) is 1.84. The lowest BCUT2D eigenvalue weighted by Gasteiger charge is -2.20. The average molecular weight is 244 g/mol. The Bertz CT molecular complexity index is 318. The normalized spacial score (nSPS) is 20.1. The molecule has 0 bridgehead atoms. The molecule has 0 aromatic heterocycles. The highest BCUT2D eigenvalue weighted by molar-refractivity contribution is 5.80. The SMILES string of the molecule is O=C(O)CCNC(=O)CN1CCC[C@H]1C(=O)O. The van der Waals surface area contributed by atoms with Gasteiger partial charge < -0.3 is 15.5 Å². The van der Waals surface area contributed by atoms with Gasteiger partial charge in [-0.25, -0.2) is 0 Å². The summed E-state index contributed by atoms with van der Waals surface area (Å²) in [4.78, 5) is 34.1. The Morgan fingerprint density at radius 1 is 1.29 bits per heavy atom. The first kappa shape index (κ1) is 13.4. The molecule has 0 aromatic carbocycles. The Morgan fingerprint density at radius 2 is 2.00 bits per heavy atom. The van der Waals surface area contributed by atoms with Gasteiger partial charge in [-0.3, -0.25) is 19.3 Å². The summed E-state index contributed by atoms with van der Waals surface area (Å²) < 4.78 is 0. The van der Waals surface area contributed by atoms with Crippen LogP contribution in [0.5, 0.6) is 0 Å². The number of aliphatic carboxylic acids is 2. The number of amides is 1. The predicted octanol–water partition coefficient (Wildman–Crippen LogP) is -0.874. The van der Waals surface area contributed by atoms with Crippen molar-refractivity contribution in [3.05, 3.63) is 0 Å². The minimum absolute atomic E-state index is 0.0105. The molecular weight excluding hydrogens is 228 g/mol. The third-order valence-electron chi connectivity index (χ3n) is 2.66. The summed E-state index contributed by atoms with van der Waals surface area (Å²) in [7, 11) is 0. The van der Waals surface area contributed by atoms with Crippen molar-refractivity contribution in [3.8, 4) is 0 Å². The van der Waals surface area contributed by atoms with Crippen molar-refractivity contribution < 1.29 is 24.6 Å². The van der Waals surface area contributed by atoms with Gasteiger partial charge in [0, 0.05) is 6.54 Å². The topological polar surface area (TPSA) is 107 Å². The van der Waals surface area contributed by atoms with Crippen LogP contribution in [0.3, 0.4) is 0 Å². The zero-order valence-electron chi connectivity index (χ0n) is 9.39. The molecule has 1 fully saturated rings. The Morgan fingerprint density at radius 3 is 2.59 bits per heavy atom. The molecule has 1 atom stereocenters. The Kier molecular flexibility index (Phi) is 4.89. The van der Waals surface area contributed by atoms with Crippen LogP contribution in [0.1, 0.15) is 19.3 Å². The third kappa shape index (κ3) is 4.39. The molecule has 1 amide bonds. The molecule has 0 unspecified atom stereocenters. The molecular formula is C10H16N2O5. The summed E-state index contributed by atoms with van der Waals surface area (Å²) in [5, 5.41) is 19.7. The lowest BCUT2D eigenvalue weighted by atomic mass is 10.2. The number of hydrogen-bond acceptors (Lipinski definition) is 4. The highest BCUT2D eigenvalue weighted by Gasteiger charge is 2.31. The molecule has 96 valence electrons. The molecule has 17 heavy (non-hydrogen) atoms. The minimum Gasteiger partial charge on any atom is -0.481 e. The van der Waals surface area contributed by atoms with Crippen LogP contribution < -0.4 is 5.32 Å². The number of carbonyl (C=O) groups is 3. The average Bonchev–Trinajstić information content (AvgIpc) is 2.65. The van der Waals surface area contributed by atoms with Crippen LogP contribution in [0.15, 0.2) is 0 Å². The van der Waals surface area contributed by atoms with Gasteiger partial charge in [-0.1, -0.05) is 0 Å². The van der Waals surface area contributed by atoms with E-state index in [9.17, 15) is 14.4 Å². The van der Waals surface area contributed by atoms with Crippen LogP contribution in [-0.2, 0) is 14.4 Å². The van der Waals surface area contributed by atoms with Gasteiger partial charge in [0.25, 0.3) is 0 Å². The van der Waals surface area contributed by atoms with E-state index in [0.29, 0.717) is 13.0 Å². The lowest BCUT2D eigenvalue weighted by molar-refractivity contribution is -0.142. The van der Waals surface area contributed by atoms with Gasteiger partial charge in [0.05, 0.1) is 13.0 Å². The largest absolute Gasteiger partial charge is 0.481 e. The number of likely N-dealkylation sites (tertiary alicyclic amines) is 1. The van der Waals surface area contributed by atoms with Gasteiger partial charge in [0.15, 0.2) is 0 Å². The first-order valence-electron chi connectivity index (χ1n) is 5.46. The quantitative estimate of drug-likeness (QED) is 0.560. The van der Waals surface area contributed by atoms with Crippen molar-refractivity contribution in [1.29, 1.82) is 0 Å².